The van der Waals surface area contributed by atoms with Crippen LogP contribution >= 0.6 is 0 Å². The zero-order valence-electron chi connectivity index (χ0n) is 15.4. The summed E-state index contributed by atoms with van der Waals surface area (Å²) in [5.74, 6) is 0.326. The van der Waals surface area contributed by atoms with Crippen LogP contribution in [0, 0.1) is 0 Å². The third-order valence-corrected chi connectivity index (χ3v) is 4.70. The van der Waals surface area contributed by atoms with Crippen LogP contribution in [-0.2, 0) is 24.7 Å². The molecule has 25 heavy (non-hydrogen) atoms. The van der Waals surface area contributed by atoms with E-state index in [1.54, 1.807) is 6.07 Å². The number of rotatable bonds is 8. The number of hydrogen-bond acceptors (Lipinski definition) is 1. The minimum atomic E-state index is -0.170. The summed E-state index contributed by atoms with van der Waals surface area (Å²) in [7, 11) is 0. The molecule has 0 aliphatic heterocycles. The zero-order chi connectivity index (χ0) is 18.4. The summed E-state index contributed by atoms with van der Waals surface area (Å²) < 4.78 is 0. The third-order valence-electron chi connectivity index (χ3n) is 4.70. The van der Waals surface area contributed by atoms with Gasteiger partial charge in [-0.25, -0.2) is 0 Å². The smallest absolute Gasteiger partial charge is 0.119 e. The van der Waals surface area contributed by atoms with E-state index in [2.05, 4.69) is 57.8 Å². The van der Waals surface area contributed by atoms with Crippen LogP contribution in [0.2, 0.25) is 0 Å². The van der Waals surface area contributed by atoms with Crippen molar-refractivity contribution in [2.24, 2.45) is 0 Å². The van der Waals surface area contributed by atoms with E-state index in [9.17, 15) is 5.11 Å². The Morgan fingerprint density at radius 3 is 1.88 bits per heavy atom. The Morgan fingerprint density at radius 1 is 0.800 bits per heavy atom. The van der Waals surface area contributed by atoms with Gasteiger partial charge in [-0.05, 0) is 53.1 Å². The summed E-state index contributed by atoms with van der Waals surface area (Å²) in [4.78, 5) is 0. The largest absolute Gasteiger partial charge is 0.508 e. The predicted molar refractivity (Wildman–Crippen MR) is 108 cm³/mol. The molecule has 2 aromatic rings. The van der Waals surface area contributed by atoms with E-state index in [1.165, 1.54) is 22.3 Å². The lowest BCUT2D eigenvalue weighted by atomic mass is 9.76. The first-order chi connectivity index (χ1) is 11.9. The lowest BCUT2D eigenvalue weighted by Crippen LogP contribution is -2.20. The van der Waals surface area contributed by atoms with E-state index in [-0.39, 0.29) is 5.41 Å². The molecule has 0 saturated carbocycles. The number of phenols is 1. The van der Waals surface area contributed by atoms with Crippen molar-refractivity contribution in [3.8, 4) is 5.75 Å². The standard InChI is InChI=1S/C24H28O/c1-6-9-18-14-19(10-7-2)16-22(15-18)24(4,5)21-12-13-23(25)20(17-21)11-8-3/h6-8,12-17,25H,1-3,9-11H2,4-5H3. The molecule has 0 radical (unpaired) electrons. The second-order valence-electron chi connectivity index (χ2n) is 6.99. The first kappa shape index (κ1) is 18.8. The minimum absolute atomic E-state index is 0.170. The highest BCUT2D eigenvalue weighted by atomic mass is 16.3. The van der Waals surface area contributed by atoms with Crippen LogP contribution in [0.25, 0.3) is 0 Å². The van der Waals surface area contributed by atoms with Crippen LogP contribution in [0.3, 0.4) is 0 Å². The van der Waals surface area contributed by atoms with Gasteiger partial charge in [0.05, 0.1) is 0 Å². The summed E-state index contributed by atoms with van der Waals surface area (Å²) in [6, 6.07) is 12.6. The molecule has 2 aromatic carbocycles. The summed E-state index contributed by atoms with van der Waals surface area (Å²) in [6.07, 6.45) is 8.06. The molecular formula is C24H28O. The Balaban J connectivity index is 2.54. The first-order valence-electron chi connectivity index (χ1n) is 8.70. The molecule has 0 amide bonds. The maximum Gasteiger partial charge on any atom is 0.119 e. The van der Waals surface area contributed by atoms with E-state index in [0.717, 1.165) is 18.4 Å². The quantitative estimate of drug-likeness (QED) is 0.596. The summed E-state index contributed by atoms with van der Waals surface area (Å²) >= 11 is 0. The Kier molecular flexibility index (Phi) is 6.03. The second-order valence-corrected chi connectivity index (χ2v) is 6.99. The molecule has 0 saturated heterocycles. The highest BCUT2D eigenvalue weighted by Crippen LogP contribution is 2.35. The highest BCUT2D eigenvalue weighted by Gasteiger charge is 2.24. The molecule has 1 nitrogen and oxygen atoms in total. The van der Waals surface area contributed by atoms with Crippen molar-refractivity contribution in [2.45, 2.75) is 38.5 Å². The van der Waals surface area contributed by atoms with Crippen molar-refractivity contribution in [1.82, 2.24) is 0 Å². The van der Waals surface area contributed by atoms with Gasteiger partial charge in [0, 0.05) is 5.41 Å². The minimum Gasteiger partial charge on any atom is -0.508 e. The van der Waals surface area contributed by atoms with E-state index in [4.69, 9.17) is 0 Å². The molecule has 0 heterocycles. The molecule has 2 rings (SSSR count). The maximum absolute atomic E-state index is 10.1. The zero-order valence-corrected chi connectivity index (χ0v) is 15.4. The SMILES string of the molecule is C=CCc1cc(CC=C)cc(C(C)(C)c2ccc(O)c(CC=C)c2)c1. The average molecular weight is 332 g/mol. The van der Waals surface area contributed by atoms with E-state index < -0.39 is 0 Å². The normalized spacial score (nSPS) is 11.1. The Morgan fingerprint density at radius 2 is 1.36 bits per heavy atom. The molecule has 1 heteroatoms. The molecule has 0 aliphatic carbocycles. The summed E-state index contributed by atoms with van der Waals surface area (Å²) in [6.45, 7) is 16.0. The highest BCUT2D eigenvalue weighted by molar-refractivity contribution is 5.46. The maximum atomic E-state index is 10.1. The van der Waals surface area contributed by atoms with Gasteiger partial charge in [-0.2, -0.15) is 0 Å². The van der Waals surface area contributed by atoms with Crippen LogP contribution < -0.4 is 0 Å². The lowest BCUT2D eigenvalue weighted by molar-refractivity contribution is 0.468. The van der Waals surface area contributed by atoms with Gasteiger partial charge in [-0.15, -0.1) is 19.7 Å². The molecule has 1 N–H and O–H groups in total. The first-order valence-corrected chi connectivity index (χ1v) is 8.70. The molecule has 0 atom stereocenters. The molecule has 0 bridgehead atoms. The van der Waals surface area contributed by atoms with Crippen molar-refractivity contribution in [1.29, 1.82) is 0 Å². The number of phenolic OH excluding ortho intramolecular Hbond substituents is 1. The van der Waals surface area contributed by atoms with E-state index in [0.29, 0.717) is 12.2 Å². The van der Waals surface area contributed by atoms with Gasteiger partial charge in [0.25, 0.3) is 0 Å². The van der Waals surface area contributed by atoms with Gasteiger partial charge in [0.2, 0.25) is 0 Å². The summed E-state index contributed by atoms with van der Waals surface area (Å²) in [5, 5.41) is 10.1. The molecule has 0 fully saturated rings. The molecule has 130 valence electrons. The third kappa shape index (κ3) is 4.30. The number of aromatic hydroxyl groups is 1. The fourth-order valence-corrected chi connectivity index (χ4v) is 3.15. The van der Waals surface area contributed by atoms with E-state index >= 15 is 0 Å². The van der Waals surface area contributed by atoms with Gasteiger partial charge in [0.1, 0.15) is 5.75 Å². The lowest BCUT2D eigenvalue weighted by Gasteiger charge is -2.28. The van der Waals surface area contributed by atoms with Crippen molar-refractivity contribution in [3.05, 3.63) is 102 Å². The van der Waals surface area contributed by atoms with Gasteiger partial charge in [0.15, 0.2) is 0 Å². The average Bonchev–Trinajstić information content (AvgIpc) is 2.57. The van der Waals surface area contributed by atoms with Gasteiger partial charge in [-0.1, -0.05) is 62.4 Å². The van der Waals surface area contributed by atoms with Crippen LogP contribution in [0.5, 0.6) is 5.75 Å². The second kappa shape index (κ2) is 8.02. The molecular weight excluding hydrogens is 304 g/mol. The van der Waals surface area contributed by atoms with Crippen LogP contribution in [0.1, 0.15) is 41.7 Å². The Labute approximate surface area is 152 Å². The molecule has 0 aliphatic rings. The number of allylic oxidation sites excluding steroid dienone is 3. The van der Waals surface area contributed by atoms with Crippen LogP contribution in [0.4, 0.5) is 0 Å². The van der Waals surface area contributed by atoms with Crippen LogP contribution in [-0.4, -0.2) is 5.11 Å². The van der Waals surface area contributed by atoms with Crippen molar-refractivity contribution in [3.63, 3.8) is 0 Å². The number of benzene rings is 2. The van der Waals surface area contributed by atoms with Crippen molar-refractivity contribution < 1.29 is 5.11 Å². The molecule has 0 spiro atoms. The van der Waals surface area contributed by atoms with Crippen LogP contribution in [0.15, 0.2) is 74.4 Å². The van der Waals surface area contributed by atoms with Crippen molar-refractivity contribution >= 4 is 0 Å². The molecule has 0 unspecified atom stereocenters. The fraction of sp³-hybridized carbons (Fsp3) is 0.250. The van der Waals surface area contributed by atoms with Crippen molar-refractivity contribution in [2.75, 3.05) is 0 Å². The van der Waals surface area contributed by atoms with Gasteiger partial charge < -0.3 is 5.11 Å². The Hall–Kier alpha value is -2.54. The van der Waals surface area contributed by atoms with Gasteiger partial charge in [-0.3, -0.25) is 0 Å². The predicted octanol–water partition coefficient (Wildman–Crippen LogP) is 5.90. The Bertz CT molecular complexity index is 752. The van der Waals surface area contributed by atoms with Gasteiger partial charge >= 0.3 is 0 Å². The monoisotopic (exact) mass is 332 g/mol. The van der Waals surface area contributed by atoms with E-state index in [1.807, 2.05) is 24.3 Å². The molecule has 0 aromatic heterocycles. The number of hydrogen-bond donors (Lipinski definition) is 1. The topological polar surface area (TPSA) is 20.2 Å². The summed E-state index contributed by atoms with van der Waals surface area (Å²) in [5.41, 5.74) is 5.72. The fourth-order valence-electron chi connectivity index (χ4n) is 3.15.